The molecule has 0 radical (unpaired) electrons. The molecule has 0 spiro atoms. The molecule has 3 aliphatic heterocycles. The molecule has 0 amide bonds. The third-order valence-corrected chi connectivity index (χ3v) is 17.6. The van der Waals surface area contributed by atoms with Crippen molar-refractivity contribution in [3.8, 4) is 0 Å². The third-order valence-electron chi connectivity index (χ3n) is 8.24. The van der Waals surface area contributed by atoms with E-state index in [1.165, 1.54) is 42.7 Å². The van der Waals surface area contributed by atoms with Crippen molar-refractivity contribution < 1.29 is 35.6 Å². The van der Waals surface area contributed by atoms with Gasteiger partial charge in [0.2, 0.25) is 0 Å². The van der Waals surface area contributed by atoms with Crippen LogP contribution in [-0.2, 0) is 18.8 Å². The van der Waals surface area contributed by atoms with Gasteiger partial charge in [0, 0.05) is 0 Å². The summed E-state index contributed by atoms with van der Waals surface area (Å²) in [7, 11) is 1.77. The molecule has 0 aromatic heterocycles. The SMILES string of the molecule is C[C@@H]1CC[C@@H](C)P1c1ccccc1P1[C@H](C)CC[C@H]1C.C[C@H]1CC[C@H](C)OS(=O)(=O)O1.Pc1ccccc1P.[CH2-]CCC.[Li+]. The second-order valence-electron chi connectivity index (χ2n) is 12.1. The van der Waals surface area contributed by atoms with Gasteiger partial charge < -0.3 is 6.92 Å². The normalized spacial score (nSPS) is 28.1. The van der Waals surface area contributed by atoms with E-state index in [1.54, 1.807) is 24.5 Å². The molecule has 4 nitrogen and oxygen atoms in total. The van der Waals surface area contributed by atoms with E-state index in [0.29, 0.717) is 0 Å². The molecule has 0 saturated carbocycles. The van der Waals surface area contributed by atoms with Crippen molar-refractivity contribution in [1.82, 2.24) is 0 Å². The van der Waals surface area contributed by atoms with Crippen LogP contribution in [0.5, 0.6) is 0 Å². The van der Waals surface area contributed by atoms with Crippen molar-refractivity contribution in [3.05, 3.63) is 55.5 Å². The first-order valence-electron chi connectivity index (χ1n) is 16.0. The van der Waals surface area contributed by atoms with Gasteiger partial charge in [0.25, 0.3) is 0 Å². The maximum atomic E-state index is 10.8. The number of hydrogen-bond acceptors (Lipinski definition) is 4. The van der Waals surface area contributed by atoms with Gasteiger partial charge in [-0.25, -0.2) is 8.37 Å². The molecule has 5 rings (SSSR count). The maximum Gasteiger partial charge on any atom is 1.00 e. The Morgan fingerprint density at radius 3 is 1.25 bits per heavy atom. The van der Waals surface area contributed by atoms with Crippen LogP contribution in [-0.4, -0.2) is 43.3 Å². The van der Waals surface area contributed by atoms with Gasteiger partial charge in [-0.15, -0.1) is 18.5 Å². The van der Waals surface area contributed by atoms with Crippen LogP contribution >= 0.6 is 34.3 Å². The zero-order valence-electron chi connectivity index (χ0n) is 28.5. The van der Waals surface area contributed by atoms with Crippen molar-refractivity contribution in [3.63, 3.8) is 0 Å². The summed E-state index contributed by atoms with van der Waals surface area (Å²) >= 11 is 0. The monoisotopic (exact) mass is 692 g/mol. The average molecular weight is 693 g/mol. The van der Waals surface area contributed by atoms with E-state index in [4.69, 9.17) is 0 Å². The minimum atomic E-state index is -3.72. The Morgan fingerprint density at radius 1 is 0.682 bits per heavy atom. The van der Waals surface area contributed by atoms with Gasteiger partial charge in [0.15, 0.2) is 0 Å². The molecule has 10 heteroatoms. The quantitative estimate of drug-likeness (QED) is 0.253. The standard InChI is InChI=1S/C18H28P2.C6H12O4S.C6H8P2.C4H9.Li/c1-13-9-10-14(2)19(13)17-7-5-6-8-18(17)20-15(3)11-12-16(20)4;1-5-3-4-6(2)10-11(7,8)9-5;7-5-3-1-2-4-6(5)8;1-3-4-2;/h5-8,13-16H,9-12H2,1-4H3;5-6H,3-4H2,1-2H3;1-4H,7-8H2;1,3-4H2,2H3;/q;;;-1;+1/t13-,14-,15-,16-;5-,6-;;;/m10.../s1. The molecule has 0 bridgehead atoms. The minimum absolute atomic E-state index is 0. The molecule has 3 fully saturated rings. The summed E-state index contributed by atoms with van der Waals surface area (Å²) < 4.78 is 30.9. The summed E-state index contributed by atoms with van der Waals surface area (Å²) in [4.78, 5) is 0. The van der Waals surface area contributed by atoms with Crippen LogP contribution in [0.4, 0.5) is 0 Å². The van der Waals surface area contributed by atoms with Gasteiger partial charge in [-0.2, -0.15) is 14.8 Å². The van der Waals surface area contributed by atoms with Gasteiger partial charge in [0.05, 0.1) is 12.2 Å². The van der Waals surface area contributed by atoms with E-state index < -0.39 is 10.4 Å². The molecule has 0 N–H and O–H groups in total. The number of rotatable bonds is 3. The fourth-order valence-corrected chi connectivity index (χ4v) is 14.4. The van der Waals surface area contributed by atoms with Crippen LogP contribution in [0.2, 0.25) is 0 Å². The molecular formula is C34H57LiO4P4S. The van der Waals surface area contributed by atoms with Crippen molar-refractivity contribution in [2.75, 3.05) is 0 Å². The largest absolute Gasteiger partial charge is 1.00 e. The minimum Gasteiger partial charge on any atom is -0.343 e. The van der Waals surface area contributed by atoms with E-state index in [2.05, 4.69) is 105 Å². The van der Waals surface area contributed by atoms with Gasteiger partial charge in [-0.3, -0.25) is 0 Å². The van der Waals surface area contributed by atoms with E-state index in [-0.39, 0.29) is 46.9 Å². The summed E-state index contributed by atoms with van der Waals surface area (Å²) in [5.41, 5.74) is 3.74. The summed E-state index contributed by atoms with van der Waals surface area (Å²) in [5.74, 6) is 0. The molecule has 8 atom stereocenters. The van der Waals surface area contributed by atoms with Gasteiger partial charge in [-0.05, 0) is 96.2 Å². The zero-order chi connectivity index (χ0) is 32.2. The average Bonchev–Trinajstić information content (AvgIpc) is 3.44. The summed E-state index contributed by atoms with van der Waals surface area (Å²) in [6.45, 7) is 19.2. The molecule has 244 valence electrons. The molecule has 0 aliphatic carbocycles. The Bertz CT molecular complexity index is 1100. The first-order valence-corrected chi connectivity index (χ1v) is 21.4. The predicted molar refractivity (Wildman–Crippen MR) is 201 cm³/mol. The molecule has 2 unspecified atom stereocenters. The van der Waals surface area contributed by atoms with E-state index >= 15 is 0 Å². The number of benzene rings is 2. The van der Waals surface area contributed by atoms with E-state index in [1.807, 2.05) is 12.1 Å². The Kier molecular flexibility index (Phi) is 20.9. The van der Waals surface area contributed by atoms with Crippen molar-refractivity contribution in [1.29, 1.82) is 0 Å². The predicted octanol–water partition coefficient (Wildman–Crippen LogP) is 5.19. The number of unbranched alkanes of at least 4 members (excludes halogenated alkanes) is 1. The van der Waals surface area contributed by atoms with Crippen molar-refractivity contribution in [2.24, 2.45) is 0 Å². The van der Waals surface area contributed by atoms with Crippen LogP contribution in [0.15, 0.2) is 48.5 Å². The van der Waals surface area contributed by atoms with Crippen LogP contribution in [0.1, 0.15) is 99.8 Å². The molecule has 3 aliphatic rings. The summed E-state index contributed by atoms with van der Waals surface area (Å²) in [6.07, 6.45) is 9.00. The summed E-state index contributed by atoms with van der Waals surface area (Å²) in [6, 6.07) is 17.7. The molecule has 44 heavy (non-hydrogen) atoms. The number of hydrogen-bond donors (Lipinski definition) is 0. The van der Waals surface area contributed by atoms with Crippen LogP contribution in [0, 0.1) is 6.92 Å². The third kappa shape index (κ3) is 14.0. The molecule has 3 heterocycles. The first-order chi connectivity index (χ1) is 20.3. The van der Waals surface area contributed by atoms with E-state index in [0.717, 1.165) is 41.9 Å². The topological polar surface area (TPSA) is 52.6 Å². The smallest absolute Gasteiger partial charge is 0.343 e. The molecule has 2 aromatic rings. The van der Waals surface area contributed by atoms with Gasteiger partial charge >= 0.3 is 29.3 Å². The van der Waals surface area contributed by atoms with Crippen molar-refractivity contribution >= 4 is 65.9 Å². The Hall–Kier alpha value is 0.627. The second-order valence-corrected chi connectivity index (χ2v) is 20.7. The van der Waals surface area contributed by atoms with Crippen LogP contribution < -0.4 is 40.1 Å². The molecule has 2 aromatic carbocycles. The van der Waals surface area contributed by atoms with Gasteiger partial charge in [0.1, 0.15) is 0 Å². The summed E-state index contributed by atoms with van der Waals surface area (Å²) in [5, 5.41) is 6.06. The molecule has 3 saturated heterocycles. The Balaban J connectivity index is 0.000000340. The first kappa shape index (κ1) is 42.6. The van der Waals surface area contributed by atoms with E-state index in [9.17, 15) is 8.42 Å². The van der Waals surface area contributed by atoms with Crippen LogP contribution in [0.3, 0.4) is 0 Å². The Morgan fingerprint density at radius 2 is 0.977 bits per heavy atom. The maximum absolute atomic E-state index is 10.8. The zero-order valence-corrected chi connectivity index (χ0v) is 33.5. The molecular weight excluding hydrogens is 635 g/mol. The van der Waals surface area contributed by atoms with Gasteiger partial charge in [-0.1, -0.05) is 105 Å². The Labute approximate surface area is 290 Å². The fourth-order valence-electron chi connectivity index (χ4n) is 5.74. The van der Waals surface area contributed by atoms with Crippen LogP contribution in [0.25, 0.3) is 0 Å². The fraction of sp³-hybridized carbons (Fsp3) is 0.618. The second kappa shape index (κ2) is 21.6. The van der Waals surface area contributed by atoms with Crippen molar-refractivity contribution in [2.45, 2.75) is 135 Å².